The van der Waals surface area contributed by atoms with Gasteiger partial charge in [-0.15, -0.1) is 10.2 Å². The Morgan fingerprint density at radius 1 is 1.44 bits per heavy atom. The minimum Gasteiger partial charge on any atom is -0.397 e. The first-order chi connectivity index (χ1) is 8.47. The lowest BCUT2D eigenvalue weighted by Crippen LogP contribution is -2.05. The lowest BCUT2D eigenvalue weighted by molar-refractivity contribution is 0.602. The predicted molar refractivity (Wildman–Crippen MR) is 65.5 cm³/mol. The highest BCUT2D eigenvalue weighted by molar-refractivity contribution is 7.90. The Bertz CT molecular complexity index is 637. The van der Waals surface area contributed by atoms with Crippen LogP contribution in [0.2, 0.25) is 0 Å². The van der Waals surface area contributed by atoms with E-state index in [1.54, 1.807) is 6.07 Å². The van der Waals surface area contributed by atoms with Crippen molar-refractivity contribution in [3.05, 3.63) is 24.0 Å². The van der Waals surface area contributed by atoms with E-state index in [0.717, 1.165) is 6.26 Å². The summed E-state index contributed by atoms with van der Waals surface area (Å²) in [5.74, 6) is 0.488. The van der Waals surface area contributed by atoms with Crippen LogP contribution in [-0.2, 0) is 16.4 Å². The highest BCUT2D eigenvalue weighted by Crippen LogP contribution is 2.22. The zero-order valence-electron chi connectivity index (χ0n) is 9.58. The molecule has 0 amide bonds. The number of hydrogen-bond donors (Lipinski definition) is 3. The van der Waals surface area contributed by atoms with E-state index in [0.29, 0.717) is 23.7 Å². The number of aromatic nitrogens is 4. The molecule has 0 bridgehead atoms. The van der Waals surface area contributed by atoms with Crippen LogP contribution in [0.3, 0.4) is 0 Å². The first-order valence-corrected chi connectivity index (χ1v) is 6.92. The summed E-state index contributed by atoms with van der Waals surface area (Å²) in [4.78, 5) is 0.185. The predicted octanol–water partition coefficient (Wildman–Crippen LogP) is -0.203. The number of rotatable bonds is 4. The number of benzene rings is 1. The molecule has 96 valence electrons. The third-order valence-electron chi connectivity index (χ3n) is 2.28. The molecule has 1 heterocycles. The highest BCUT2D eigenvalue weighted by Gasteiger charge is 2.09. The number of H-pyrrole nitrogens is 1. The van der Waals surface area contributed by atoms with Crippen molar-refractivity contribution >= 4 is 21.2 Å². The molecule has 18 heavy (non-hydrogen) atoms. The average molecular weight is 268 g/mol. The fraction of sp³-hybridized carbons (Fsp3) is 0.222. The van der Waals surface area contributed by atoms with Gasteiger partial charge < -0.3 is 11.1 Å². The molecule has 2 aromatic rings. The Morgan fingerprint density at radius 3 is 2.78 bits per heavy atom. The lowest BCUT2D eigenvalue weighted by atomic mass is 10.2. The van der Waals surface area contributed by atoms with Crippen molar-refractivity contribution in [2.75, 3.05) is 17.3 Å². The third kappa shape index (κ3) is 2.74. The van der Waals surface area contributed by atoms with E-state index in [2.05, 4.69) is 25.9 Å². The zero-order chi connectivity index (χ0) is 13.2. The quantitative estimate of drug-likeness (QED) is 0.655. The molecule has 0 atom stereocenters. The Balaban J connectivity index is 2.15. The number of hydrogen-bond acceptors (Lipinski definition) is 7. The normalized spacial score (nSPS) is 11.4. The molecule has 0 aliphatic carbocycles. The van der Waals surface area contributed by atoms with Gasteiger partial charge in [-0.2, -0.15) is 5.21 Å². The van der Waals surface area contributed by atoms with Crippen LogP contribution in [0.15, 0.2) is 23.1 Å². The molecule has 0 spiro atoms. The van der Waals surface area contributed by atoms with Gasteiger partial charge in [-0.25, -0.2) is 8.42 Å². The van der Waals surface area contributed by atoms with Crippen LogP contribution in [0.1, 0.15) is 5.82 Å². The van der Waals surface area contributed by atoms with Crippen molar-refractivity contribution in [2.45, 2.75) is 11.4 Å². The second kappa shape index (κ2) is 4.61. The van der Waals surface area contributed by atoms with Crippen LogP contribution in [0.4, 0.5) is 11.4 Å². The van der Waals surface area contributed by atoms with Crippen LogP contribution < -0.4 is 11.1 Å². The van der Waals surface area contributed by atoms with Gasteiger partial charge in [0.25, 0.3) is 0 Å². The van der Waals surface area contributed by atoms with Gasteiger partial charge in [-0.05, 0) is 18.2 Å². The van der Waals surface area contributed by atoms with Crippen molar-refractivity contribution in [1.82, 2.24) is 20.6 Å². The molecule has 0 unspecified atom stereocenters. The van der Waals surface area contributed by atoms with Crippen LogP contribution in [0, 0.1) is 0 Å². The Kier molecular flexibility index (Phi) is 3.15. The summed E-state index contributed by atoms with van der Waals surface area (Å²) in [7, 11) is -3.25. The number of nitrogen functional groups attached to an aromatic ring is 1. The summed E-state index contributed by atoms with van der Waals surface area (Å²) < 4.78 is 22.7. The number of anilines is 2. The van der Waals surface area contributed by atoms with Crippen molar-refractivity contribution < 1.29 is 8.42 Å². The maximum Gasteiger partial charge on any atom is 0.193 e. The van der Waals surface area contributed by atoms with Crippen molar-refractivity contribution in [1.29, 1.82) is 0 Å². The van der Waals surface area contributed by atoms with E-state index >= 15 is 0 Å². The Labute approximate surface area is 104 Å². The number of nitrogens with two attached hydrogens (primary N) is 1. The SMILES string of the molecule is CS(=O)(=O)c1ccc(NCc2nn[nH]n2)c(N)c1. The van der Waals surface area contributed by atoms with Gasteiger partial charge in [0.2, 0.25) is 0 Å². The summed E-state index contributed by atoms with van der Waals surface area (Å²) in [5, 5.41) is 16.3. The number of sulfone groups is 1. The molecule has 4 N–H and O–H groups in total. The molecule has 0 saturated heterocycles. The maximum atomic E-state index is 11.3. The van der Waals surface area contributed by atoms with Crippen LogP contribution in [0.25, 0.3) is 0 Å². The molecule has 2 rings (SSSR count). The maximum absolute atomic E-state index is 11.3. The Morgan fingerprint density at radius 2 is 2.22 bits per heavy atom. The fourth-order valence-corrected chi connectivity index (χ4v) is 2.02. The molecule has 0 saturated carbocycles. The topological polar surface area (TPSA) is 127 Å². The van der Waals surface area contributed by atoms with Crippen LogP contribution in [0.5, 0.6) is 0 Å². The molecular weight excluding hydrogens is 256 g/mol. The second-order valence-corrected chi connectivity index (χ2v) is 5.72. The minimum absolute atomic E-state index is 0.185. The monoisotopic (exact) mass is 268 g/mol. The minimum atomic E-state index is -3.25. The first kappa shape index (κ1) is 12.3. The van der Waals surface area contributed by atoms with Gasteiger partial charge in [-0.1, -0.05) is 5.21 Å². The molecule has 0 aliphatic heterocycles. The zero-order valence-corrected chi connectivity index (χ0v) is 10.4. The van der Waals surface area contributed by atoms with Crippen LogP contribution in [-0.4, -0.2) is 35.3 Å². The summed E-state index contributed by atoms with van der Waals surface area (Å²) in [6.07, 6.45) is 1.13. The van der Waals surface area contributed by atoms with Crippen molar-refractivity contribution in [3.63, 3.8) is 0 Å². The molecular formula is C9H12N6O2S. The smallest absolute Gasteiger partial charge is 0.193 e. The van der Waals surface area contributed by atoms with Gasteiger partial charge in [-0.3, -0.25) is 0 Å². The van der Waals surface area contributed by atoms with Gasteiger partial charge in [0.15, 0.2) is 15.7 Å². The third-order valence-corrected chi connectivity index (χ3v) is 3.39. The lowest BCUT2D eigenvalue weighted by Gasteiger charge is -2.08. The Hall–Kier alpha value is -2.16. The number of tetrazole rings is 1. The van der Waals surface area contributed by atoms with Gasteiger partial charge in [0.05, 0.1) is 22.8 Å². The molecule has 8 nitrogen and oxygen atoms in total. The van der Waals surface area contributed by atoms with E-state index in [-0.39, 0.29) is 4.90 Å². The molecule has 1 aromatic carbocycles. The van der Waals surface area contributed by atoms with Gasteiger partial charge >= 0.3 is 0 Å². The summed E-state index contributed by atoms with van der Waals surface area (Å²) in [6.45, 7) is 0.346. The van der Waals surface area contributed by atoms with Gasteiger partial charge in [0, 0.05) is 6.26 Å². The molecule has 9 heteroatoms. The van der Waals surface area contributed by atoms with E-state index < -0.39 is 9.84 Å². The molecule has 0 aliphatic rings. The number of aromatic amines is 1. The largest absolute Gasteiger partial charge is 0.397 e. The first-order valence-electron chi connectivity index (χ1n) is 5.02. The number of nitrogens with one attached hydrogen (secondary N) is 2. The molecule has 0 fully saturated rings. The van der Waals surface area contributed by atoms with E-state index in [1.807, 2.05) is 0 Å². The van der Waals surface area contributed by atoms with E-state index in [1.165, 1.54) is 12.1 Å². The standard InChI is InChI=1S/C9H12N6O2S/c1-18(16,17)6-2-3-8(7(10)4-6)11-5-9-12-14-15-13-9/h2-4,11H,5,10H2,1H3,(H,12,13,14,15). The fourth-order valence-electron chi connectivity index (χ4n) is 1.36. The van der Waals surface area contributed by atoms with Crippen molar-refractivity contribution in [3.8, 4) is 0 Å². The van der Waals surface area contributed by atoms with Crippen molar-refractivity contribution in [2.24, 2.45) is 0 Å². The highest BCUT2D eigenvalue weighted by atomic mass is 32.2. The van der Waals surface area contributed by atoms with E-state index in [9.17, 15) is 8.42 Å². The second-order valence-electron chi connectivity index (χ2n) is 3.70. The molecule has 0 radical (unpaired) electrons. The number of nitrogens with zero attached hydrogens (tertiary/aromatic N) is 3. The van der Waals surface area contributed by atoms with E-state index in [4.69, 9.17) is 5.73 Å². The van der Waals surface area contributed by atoms with Gasteiger partial charge in [0.1, 0.15) is 0 Å². The average Bonchev–Trinajstić information content (AvgIpc) is 2.79. The molecule has 1 aromatic heterocycles. The summed E-state index contributed by atoms with van der Waals surface area (Å²) in [6, 6.07) is 4.50. The summed E-state index contributed by atoms with van der Waals surface area (Å²) >= 11 is 0. The van der Waals surface area contributed by atoms with Crippen LogP contribution >= 0.6 is 0 Å². The summed E-state index contributed by atoms with van der Waals surface area (Å²) in [5.41, 5.74) is 6.73.